The number of alkyl halides is 3. The molecule has 0 N–H and O–H groups in total. The van der Waals surface area contributed by atoms with Gasteiger partial charge in [0.25, 0.3) is 0 Å². The van der Waals surface area contributed by atoms with E-state index in [0.717, 1.165) is 12.1 Å². The van der Waals surface area contributed by atoms with Gasteiger partial charge in [-0.15, -0.1) is 0 Å². The average Bonchev–Trinajstić information content (AvgIpc) is 2.30. The van der Waals surface area contributed by atoms with Crippen LogP contribution in [0.4, 0.5) is 13.2 Å². The van der Waals surface area contributed by atoms with E-state index >= 15 is 0 Å². The van der Waals surface area contributed by atoms with Crippen molar-refractivity contribution in [3.8, 4) is 0 Å². The van der Waals surface area contributed by atoms with Crippen LogP contribution < -0.4 is 0 Å². The number of rotatable bonds is 2. The fourth-order valence-corrected chi connectivity index (χ4v) is 1.87. The molecule has 6 heteroatoms. The summed E-state index contributed by atoms with van der Waals surface area (Å²) in [6, 6.07) is 6.58. The zero-order chi connectivity index (χ0) is 12.3. The van der Waals surface area contributed by atoms with Crippen LogP contribution in [0.3, 0.4) is 0 Å². The molecule has 0 bridgehead atoms. The topological polar surface area (TPSA) is 25.8 Å². The molecule has 0 aliphatic carbocycles. The quantitative estimate of drug-likeness (QED) is 0.767. The first kappa shape index (κ1) is 11.9. The summed E-state index contributed by atoms with van der Waals surface area (Å²) in [6.45, 7) is 0. The molecule has 17 heavy (non-hydrogen) atoms. The van der Waals surface area contributed by atoms with Gasteiger partial charge in [-0.3, -0.25) is 0 Å². The Bertz CT molecular complexity index is 482. The molecular weight excluding hydrogens is 249 g/mol. The molecule has 0 atom stereocenters. The second kappa shape index (κ2) is 4.75. The molecule has 0 aliphatic heterocycles. The van der Waals surface area contributed by atoms with Gasteiger partial charge in [-0.1, -0.05) is 0 Å². The van der Waals surface area contributed by atoms with Crippen LogP contribution in [0.2, 0.25) is 0 Å². The molecule has 0 spiro atoms. The van der Waals surface area contributed by atoms with Gasteiger partial charge in [0, 0.05) is 17.3 Å². The Labute approximate surface area is 99.9 Å². The molecule has 0 saturated heterocycles. The highest BCUT2D eigenvalue weighted by Gasteiger charge is 2.29. The van der Waals surface area contributed by atoms with E-state index < -0.39 is 11.7 Å². The van der Waals surface area contributed by atoms with Crippen LogP contribution >= 0.6 is 11.8 Å². The van der Waals surface area contributed by atoms with Gasteiger partial charge in [-0.2, -0.15) is 13.2 Å². The Morgan fingerprint density at radius 2 is 1.53 bits per heavy atom. The first-order valence-electron chi connectivity index (χ1n) is 4.68. The summed E-state index contributed by atoms with van der Waals surface area (Å²) in [6.07, 6.45) is -1.13. The first-order valence-corrected chi connectivity index (χ1v) is 5.49. The van der Waals surface area contributed by atoms with Gasteiger partial charge in [-0.25, -0.2) is 9.97 Å². The molecule has 0 aliphatic rings. The Morgan fingerprint density at radius 3 is 2.06 bits per heavy atom. The zero-order valence-corrected chi connectivity index (χ0v) is 9.29. The number of halogens is 3. The van der Waals surface area contributed by atoms with E-state index in [2.05, 4.69) is 9.97 Å². The second-order valence-corrected chi connectivity index (χ2v) is 4.20. The Morgan fingerprint density at radius 1 is 0.941 bits per heavy atom. The predicted molar refractivity (Wildman–Crippen MR) is 57.6 cm³/mol. The lowest BCUT2D eigenvalue weighted by atomic mass is 10.2. The third kappa shape index (κ3) is 3.20. The summed E-state index contributed by atoms with van der Waals surface area (Å²) in [5.41, 5.74) is -0.657. The van der Waals surface area contributed by atoms with Crippen molar-refractivity contribution in [2.45, 2.75) is 16.2 Å². The predicted octanol–water partition coefficient (Wildman–Crippen LogP) is 3.65. The highest BCUT2D eigenvalue weighted by Crippen LogP contribution is 2.31. The molecule has 1 aromatic carbocycles. The van der Waals surface area contributed by atoms with E-state index in [-0.39, 0.29) is 0 Å². The Kier molecular flexibility index (Phi) is 3.33. The van der Waals surface area contributed by atoms with Gasteiger partial charge in [0.05, 0.1) is 5.56 Å². The van der Waals surface area contributed by atoms with Crippen LogP contribution in [0.15, 0.2) is 52.8 Å². The van der Waals surface area contributed by atoms with Crippen molar-refractivity contribution in [2.75, 3.05) is 0 Å². The summed E-state index contributed by atoms with van der Waals surface area (Å²) >= 11 is 1.22. The first-order chi connectivity index (χ1) is 8.05. The van der Waals surface area contributed by atoms with Crippen LogP contribution in [0.1, 0.15) is 5.56 Å². The molecule has 88 valence electrons. The molecule has 0 radical (unpaired) electrons. The van der Waals surface area contributed by atoms with E-state index in [0.29, 0.717) is 10.1 Å². The molecule has 0 unspecified atom stereocenters. The summed E-state index contributed by atoms with van der Waals surface area (Å²) < 4.78 is 36.9. The summed E-state index contributed by atoms with van der Waals surface area (Å²) in [5, 5.41) is 0.507. The smallest absolute Gasteiger partial charge is 0.231 e. The number of benzene rings is 1. The molecule has 2 rings (SSSR count). The summed E-state index contributed by atoms with van der Waals surface area (Å²) in [5.74, 6) is 0. The van der Waals surface area contributed by atoms with E-state index in [4.69, 9.17) is 0 Å². The Hall–Kier alpha value is -1.56. The SMILES string of the molecule is FC(F)(F)c1ccc(Sc2ncccn2)cc1. The second-order valence-electron chi connectivity index (χ2n) is 3.16. The van der Waals surface area contributed by atoms with Gasteiger partial charge in [0.15, 0.2) is 5.16 Å². The standard InChI is InChI=1S/C11H7F3N2S/c12-11(13,14)8-2-4-9(5-3-8)17-10-15-6-1-7-16-10/h1-7H. The highest BCUT2D eigenvalue weighted by atomic mass is 32.2. The minimum atomic E-state index is -4.30. The molecule has 1 aromatic heterocycles. The molecule has 0 amide bonds. The maximum absolute atomic E-state index is 12.3. The number of hydrogen-bond donors (Lipinski definition) is 0. The van der Waals surface area contributed by atoms with E-state index in [9.17, 15) is 13.2 Å². The zero-order valence-electron chi connectivity index (χ0n) is 8.48. The van der Waals surface area contributed by atoms with Crippen LogP contribution in [0.25, 0.3) is 0 Å². The van der Waals surface area contributed by atoms with Crippen LogP contribution in [0.5, 0.6) is 0 Å². The average molecular weight is 256 g/mol. The lowest BCUT2D eigenvalue weighted by molar-refractivity contribution is -0.137. The lowest BCUT2D eigenvalue weighted by Crippen LogP contribution is -2.03. The third-order valence-corrected chi connectivity index (χ3v) is 2.83. The van der Waals surface area contributed by atoms with Crippen molar-refractivity contribution < 1.29 is 13.2 Å². The van der Waals surface area contributed by atoms with E-state index in [1.807, 2.05) is 0 Å². The summed E-state index contributed by atoms with van der Waals surface area (Å²) in [4.78, 5) is 8.62. The van der Waals surface area contributed by atoms with Crippen molar-refractivity contribution in [3.63, 3.8) is 0 Å². The van der Waals surface area contributed by atoms with Crippen molar-refractivity contribution >= 4 is 11.8 Å². The normalized spacial score (nSPS) is 11.5. The van der Waals surface area contributed by atoms with Crippen molar-refractivity contribution in [1.29, 1.82) is 0 Å². The van der Waals surface area contributed by atoms with E-state index in [1.165, 1.54) is 23.9 Å². The molecule has 0 fully saturated rings. The van der Waals surface area contributed by atoms with Crippen molar-refractivity contribution in [1.82, 2.24) is 9.97 Å². The minimum absolute atomic E-state index is 0.507. The maximum Gasteiger partial charge on any atom is 0.416 e. The summed E-state index contributed by atoms with van der Waals surface area (Å²) in [7, 11) is 0. The fourth-order valence-electron chi connectivity index (χ4n) is 1.16. The van der Waals surface area contributed by atoms with Crippen LogP contribution in [0, 0.1) is 0 Å². The third-order valence-electron chi connectivity index (χ3n) is 1.93. The van der Waals surface area contributed by atoms with Gasteiger partial charge in [0.1, 0.15) is 0 Å². The Balaban J connectivity index is 2.14. The molecule has 1 heterocycles. The van der Waals surface area contributed by atoms with Crippen molar-refractivity contribution in [2.24, 2.45) is 0 Å². The molecule has 2 nitrogen and oxygen atoms in total. The molecule has 2 aromatic rings. The number of nitrogens with zero attached hydrogens (tertiary/aromatic N) is 2. The largest absolute Gasteiger partial charge is 0.416 e. The molecular formula is C11H7F3N2S. The molecule has 0 saturated carbocycles. The van der Waals surface area contributed by atoms with Crippen LogP contribution in [-0.2, 0) is 6.18 Å². The van der Waals surface area contributed by atoms with Gasteiger partial charge < -0.3 is 0 Å². The van der Waals surface area contributed by atoms with Gasteiger partial charge in [0.2, 0.25) is 0 Å². The van der Waals surface area contributed by atoms with Crippen LogP contribution in [-0.4, -0.2) is 9.97 Å². The number of aromatic nitrogens is 2. The minimum Gasteiger partial charge on any atom is -0.231 e. The van der Waals surface area contributed by atoms with E-state index in [1.54, 1.807) is 18.5 Å². The van der Waals surface area contributed by atoms with Gasteiger partial charge >= 0.3 is 6.18 Å². The lowest BCUT2D eigenvalue weighted by Gasteiger charge is -2.06. The van der Waals surface area contributed by atoms with Gasteiger partial charge in [-0.05, 0) is 42.1 Å². The number of hydrogen-bond acceptors (Lipinski definition) is 3. The van der Waals surface area contributed by atoms with Crippen molar-refractivity contribution in [3.05, 3.63) is 48.3 Å². The monoisotopic (exact) mass is 256 g/mol. The highest BCUT2D eigenvalue weighted by molar-refractivity contribution is 7.99. The fraction of sp³-hybridized carbons (Fsp3) is 0.0909. The maximum atomic E-state index is 12.3.